The zero-order valence-electron chi connectivity index (χ0n) is 13.7. The smallest absolute Gasteiger partial charge is 0.315 e. The van der Waals surface area contributed by atoms with Gasteiger partial charge in [-0.1, -0.05) is 13.8 Å². The summed E-state index contributed by atoms with van der Waals surface area (Å²) in [5.41, 5.74) is 0.917. The highest BCUT2D eigenvalue weighted by atomic mass is 16.3. The van der Waals surface area contributed by atoms with Gasteiger partial charge in [-0.05, 0) is 45.1 Å². The van der Waals surface area contributed by atoms with Crippen molar-refractivity contribution in [3.8, 4) is 0 Å². The Labute approximate surface area is 127 Å². The summed E-state index contributed by atoms with van der Waals surface area (Å²) in [6.45, 7) is 10.5. The maximum Gasteiger partial charge on any atom is 0.315 e. The van der Waals surface area contributed by atoms with E-state index in [9.17, 15) is 4.79 Å². The number of amides is 2. The Balaban J connectivity index is 2.32. The van der Waals surface area contributed by atoms with Crippen LogP contribution in [-0.2, 0) is 0 Å². The second-order valence-corrected chi connectivity index (χ2v) is 6.42. The standard InChI is InChI=1S/C16H28N2O3/c1-11-9-14(13(3)21-11)12(2)18-15(20)17-8-6-7-16(4,5)10-19/h9,12,19H,6-8,10H2,1-5H3,(H2,17,18,20). The summed E-state index contributed by atoms with van der Waals surface area (Å²) in [6, 6.07) is 1.68. The van der Waals surface area contributed by atoms with Gasteiger partial charge in [0.15, 0.2) is 0 Å². The van der Waals surface area contributed by atoms with Gasteiger partial charge in [0.1, 0.15) is 11.5 Å². The number of carbonyl (C=O) groups is 1. The molecular weight excluding hydrogens is 268 g/mol. The minimum Gasteiger partial charge on any atom is -0.466 e. The van der Waals surface area contributed by atoms with Crippen molar-refractivity contribution < 1.29 is 14.3 Å². The number of hydrogen-bond acceptors (Lipinski definition) is 3. The van der Waals surface area contributed by atoms with Gasteiger partial charge in [-0.25, -0.2) is 4.79 Å². The molecule has 1 heterocycles. The topological polar surface area (TPSA) is 74.5 Å². The predicted octanol–water partition coefficient (Wildman–Crippen LogP) is 3.06. The van der Waals surface area contributed by atoms with Crippen molar-refractivity contribution in [3.63, 3.8) is 0 Å². The van der Waals surface area contributed by atoms with Crippen LogP contribution >= 0.6 is 0 Å². The van der Waals surface area contributed by atoms with Crippen LogP contribution in [0.5, 0.6) is 0 Å². The maximum atomic E-state index is 11.8. The highest BCUT2D eigenvalue weighted by molar-refractivity contribution is 5.74. The molecule has 0 spiro atoms. The molecule has 0 aliphatic carbocycles. The van der Waals surface area contributed by atoms with Gasteiger partial charge in [-0.15, -0.1) is 0 Å². The SMILES string of the molecule is Cc1cc(C(C)NC(=O)NCCCC(C)(C)CO)c(C)o1. The molecule has 1 aromatic rings. The van der Waals surface area contributed by atoms with E-state index in [4.69, 9.17) is 9.52 Å². The van der Waals surface area contributed by atoms with Crippen molar-refractivity contribution >= 4 is 6.03 Å². The Morgan fingerprint density at radius 1 is 1.43 bits per heavy atom. The molecule has 0 aliphatic heterocycles. The van der Waals surface area contributed by atoms with Crippen LogP contribution in [0, 0.1) is 19.3 Å². The number of hydrogen-bond donors (Lipinski definition) is 3. The Kier molecular flexibility index (Phi) is 6.27. The third kappa shape index (κ3) is 5.79. The number of furan rings is 1. The van der Waals surface area contributed by atoms with Crippen LogP contribution in [0.15, 0.2) is 10.5 Å². The van der Waals surface area contributed by atoms with Gasteiger partial charge in [0.05, 0.1) is 6.04 Å². The third-order valence-electron chi connectivity index (χ3n) is 3.64. The molecule has 2 amide bonds. The van der Waals surface area contributed by atoms with Gasteiger partial charge < -0.3 is 20.2 Å². The van der Waals surface area contributed by atoms with Gasteiger partial charge in [0, 0.05) is 18.7 Å². The minimum atomic E-state index is -0.178. The zero-order valence-corrected chi connectivity index (χ0v) is 13.7. The second kappa shape index (κ2) is 7.50. The summed E-state index contributed by atoms with van der Waals surface area (Å²) in [5, 5.41) is 14.9. The summed E-state index contributed by atoms with van der Waals surface area (Å²) < 4.78 is 5.47. The van der Waals surface area contributed by atoms with E-state index in [-0.39, 0.29) is 24.1 Å². The molecule has 21 heavy (non-hydrogen) atoms. The van der Waals surface area contributed by atoms with E-state index < -0.39 is 0 Å². The number of aliphatic hydroxyl groups excluding tert-OH is 1. The fourth-order valence-corrected chi connectivity index (χ4v) is 2.25. The van der Waals surface area contributed by atoms with Crippen LogP contribution in [0.1, 0.15) is 56.7 Å². The second-order valence-electron chi connectivity index (χ2n) is 6.42. The molecule has 0 aromatic carbocycles. The molecular formula is C16H28N2O3. The average molecular weight is 296 g/mol. The predicted molar refractivity (Wildman–Crippen MR) is 83.2 cm³/mol. The fraction of sp³-hybridized carbons (Fsp3) is 0.688. The molecule has 1 aromatic heterocycles. The summed E-state index contributed by atoms with van der Waals surface area (Å²) in [6.07, 6.45) is 1.72. The van der Waals surface area contributed by atoms with Crippen LogP contribution in [0.4, 0.5) is 4.79 Å². The summed E-state index contributed by atoms with van der Waals surface area (Å²) >= 11 is 0. The molecule has 0 saturated carbocycles. The van der Waals surface area contributed by atoms with Gasteiger partial charge in [-0.3, -0.25) is 0 Å². The number of rotatable bonds is 7. The lowest BCUT2D eigenvalue weighted by atomic mass is 9.89. The lowest BCUT2D eigenvalue weighted by Gasteiger charge is -2.21. The normalized spacial score (nSPS) is 13.0. The Morgan fingerprint density at radius 3 is 2.62 bits per heavy atom. The first-order valence-corrected chi connectivity index (χ1v) is 7.47. The number of carbonyl (C=O) groups excluding carboxylic acids is 1. The van der Waals surface area contributed by atoms with Crippen LogP contribution in [0.2, 0.25) is 0 Å². The Hall–Kier alpha value is -1.49. The summed E-state index contributed by atoms with van der Waals surface area (Å²) in [7, 11) is 0. The maximum absolute atomic E-state index is 11.8. The first-order chi connectivity index (χ1) is 9.75. The molecule has 1 atom stereocenters. The molecule has 0 saturated heterocycles. The summed E-state index contributed by atoms with van der Waals surface area (Å²) in [4.78, 5) is 11.8. The molecule has 3 N–H and O–H groups in total. The fourth-order valence-electron chi connectivity index (χ4n) is 2.25. The Morgan fingerprint density at radius 2 is 2.10 bits per heavy atom. The van der Waals surface area contributed by atoms with Crippen molar-refractivity contribution in [1.82, 2.24) is 10.6 Å². The van der Waals surface area contributed by atoms with Gasteiger partial charge in [0.2, 0.25) is 0 Å². The number of nitrogens with one attached hydrogen (secondary N) is 2. The van der Waals surface area contributed by atoms with Crippen molar-refractivity contribution in [2.45, 2.75) is 53.5 Å². The molecule has 5 heteroatoms. The van der Waals surface area contributed by atoms with E-state index in [1.165, 1.54) is 0 Å². The van der Waals surface area contributed by atoms with Crippen LogP contribution in [0.25, 0.3) is 0 Å². The van der Waals surface area contributed by atoms with E-state index in [2.05, 4.69) is 10.6 Å². The van der Waals surface area contributed by atoms with Crippen molar-refractivity contribution in [2.75, 3.05) is 13.2 Å². The van der Waals surface area contributed by atoms with E-state index in [1.54, 1.807) is 0 Å². The lowest BCUT2D eigenvalue weighted by Crippen LogP contribution is -2.37. The third-order valence-corrected chi connectivity index (χ3v) is 3.64. The zero-order chi connectivity index (χ0) is 16.0. The molecule has 1 unspecified atom stereocenters. The number of aliphatic hydroxyl groups is 1. The summed E-state index contributed by atoms with van der Waals surface area (Å²) in [5.74, 6) is 1.69. The van der Waals surface area contributed by atoms with E-state index in [0.29, 0.717) is 6.54 Å². The van der Waals surface area contributed by atoms with E-state index in [0.717, 1.165) is 29.9 Å². The minimum absolute atomic E-state index is 0.0864. The van der Waals surface area contributed by atoms with E-state index in [1.807, 2.05) is 40.7 Å². The molecule has 0 aliphatic rings. The molecule has 0 radical (unpaired) electrons. The van der Waals surface area contributed by atoms with Gasteiger partial charge in [0.25, 0.3) is 0 Å². The van der Waals surface area contributed by atoms with Crippen LogP contribution in [0.3, 0.4) is 0 Å². The quantitative estimate of drug-likeness (QED) is 0.677. The van der Waals surface area contributed by atoms with Crippen LogP contribution in [-0.4, -0.2) is 24.3 Å². The first kappa shape index (κ1) is 17.6. The number of urea groups is 1. The van der Waals surface area contributed by atoms with Crippen molar-refractivity contribution in [1.29, 1.82) is 0 Å². The molecule has 120 valence electrons. The van der Waals surface area contributed by atoms with Gasteiger partial charge in [-0.2, -0.15) is 0 Å². The van der Waals surface area contributed by atoms with Crippen molar-refractivity contribution in [2.24, 2.45) is 5.41 Å². The molecule has 5 nitrogen and oxygen atoms in total. The van der Waals surface area contributed by atoms with Gasteiger partial charge >= 0.3 is 6.03 Å². The van der Waals surface area contributed by atoms with Crippen molar-refractivity contribution in [3.05, 3.63) is 23.2 Å². The molecule has 0 bridgehead atoms. The first-order valence-electron chi connectivity index (χ1n) is 7.47. The highest BCUT2D eigenvalue weighted by Gasteiger charge is 2.17. The monoisotopic (exact) mass is 296 g/mol. The lowest BCUT2D eigenvalue weighted by molar-refractivity contribution is 0.148. The van der Waals surface area contributed by atoms with Crippen LogP contribution < -0.4 is 10.6 Å². The number of aryl methyl sites for hydroxylation is 2. The largest absolute Gasteiger partial charge is 0.466 e. The average Bonchev–Trinajstić information content (AvgIpc) is 2.74. The highest BCUT2D eigenvalue weighted by Crippen LogP contribution is 2.21. The Bertz CT molecular complexity index is 466. The molecule has 0 fully saturated rings. The molecule has 1 rings (SSSR count). The van der Waals surface area contributed by atoms with E-state index >= 15 is 0 Å².